The molecular weight excluding hydrogens is 252 g/mol. The Kier molecular flexibility index (Phi) is 7.09. The maximum absolute atomic E-state index is 11.8. The molecule has 0 saturated heterocycles. The van der Waals surface area contributed by atoms with Gasteiger partial charge in [-0.2, -0.15) is 0 Å². The fourth-order valence-corrected chi connectivity index (χ4v) is 1.80. The predicted molar refractivity (Wildman–Crippen MR) is 81.5 cm³/mol. The minimum atomic E-state index is -0.427. The third kappa shape index (κ3) is 5.61. The molecule has 0 heterocycles. The molecule has 4 heteroatoms. The van der Waals surface area contributed by atoms with Crippen LogP contribution in [0.4, 0.5) is 0 Å². The van der Waals surface area contributed by atoms with Crippen LogP contribution in [0.25, 0.3) is 0 Å². The molecule has 0 saturated carbocycles. The number of rotatable bonds is 8. The molecule has 0 aliphatic heterocycles. The van der Waals surface area contributed by atoms with Crippen molar-refractivity contribution in [1.29, 1.82) is 0 Å². The number of carbonyl (C=O) groups is 1. The molecule has 112 valence electrons. The smallest absolute Gasteiger partial charge is 0.237 e. The summed E-state index contributed by atoms with van der Waals surface area (Å²) in [7, 11) is 0. The average Bonchev–Trinajstić information content (AvgIpc) is 2.43. The van der Waals surface area contributed by atoms with Gasteiger partial charge in [-0.05, 0) is 18.4 Å². The molecule has 1 atom stereocenters. The van der Waals surface area contributed by atoms with Gasteiger partial charge in [0.1, 0.15) is 5.75 Å². The molecule has 1 amide bonds. The lowest BCUT2D eigenvalue weighted by Crippen LogP contribution is -2.40. The lowest BCUT2D eigenvalue weighted by molar-refractivity contribution is -0.122. The van der Waals surface area contributed by atoms with Crippen LogP contribution in [0.3, 0.4) is 0 Å². The van der Waals surface area contributed by atoms with Crippen molar-refractivity contribution in [1.82, 2.24) is 5.32 Å². The Bertz CT molecular complexity index is 419. The summed E-state index contributed by atoms with van der Waals surface area (Å²) in [5.74, 6) is 1.19. The van der Waals surface area contributed by atoms with Gasteiger partial charge in [-0.1, -0.05) is 45.4 Å². The molecule has 4 nitrogen and oxygen atoms in total. The monoisotopic (exact) mass is 278 g/mol. The number of para-hydroxylation sites is 1. The number of nitrogens with one attached hydrogen (secondary N) is 1. The Hall–Kier alpha value is -1.55. The second-order valence-corrected chi connectivity index (χ2v) is 5.43. The highest BCUT2D eigenvalue weighted by Gasteiger charge is 2.12. The average molecular weight is 278 g/mol. The second kappa shape index (κ2) is 8.59. The van der Waals surface area contributed by atoms with E-state index in [9.17, 15) is 4.79 Å². The zero-order chi connectivity index (χ0) is 15.0. The molecular formula is C16H26N2O2. The highest BCUT2D eigenvalue weighted by atomic mass is 16.5. The van der Waals surface area contributed by atoms with E-state index in [-0.39, 0.29) is 5.91 Å². The first-order valence-corrected chi connectivity index (χ1v) is 7.28. The number of benzene rings is 1. The molecule has 1 aromatic rings. The van der Waals surface area contributed by atoms with Gasteiger partial charge in [-0.25, -0.2) is 0 Å². The SMILES string of the molecule is CCCC(N)C(=O)NCc1ccccc1OCC(C)C. The molecule has 0 aliphatic carbocycles. The Morgan fingerprint density at radius 1 is 1.35 bits per heavy atom. The molecule has 0 fully saturated rings. The molecule has 0 bridgehead atoms. The van der Waals surface area contributed by atoms with Crippen molar-refractivity contribution >= 4 is 5.91 Å². The fourth-order valence-electron chi connectivity index (χ4n) is 1.80. The first-order valence-electron chi connectivity index (χ1n) is 7.28. The molecule has 3 N–H and O–H groups in total. The van der Waals surface area contributed by atoms with Crippen LogP contribution in [-0.2, 0) is 11.3 Å². The van der Waals surface area contributed by atoms with Crippen molar-refractivity contribution in [3.8, 4) is 5.75 Å². The van der Waals surface area contributed by atoms with Crippen molar-refractivity contribution in [2.45, 2.75) is 46.2 Å². The van der Waals surface area contributed by atoms with E-state index in [1.165, 1.54) is 0 Å². The zero-order valence-corrected chi connectivity index (χ0v) is 12.7. The quantitative estimate of drug-likeness (QED) is 0.767. The third-order valence-corrected chi connectivity index (χ3v) is 2.93. The van der Waals surface area contributed by atoms with Crippen LogP contribution in [0.5, 0.6) is 5.75 Å². The summed E-state index contributed by atoms with van der Waals surface area (Å²) in [6.45, 7) is 7.34. The standard InChI is InChI=1S/C16H26N2O2/c1-4-7-14(17)16(19)18-10-13-8-5-6-9-15(13)20-11-12(2)3/h5-6,8-9,12,14H,4,7,10-11,17H2,1-3H3,(H,18,19). The maximum Gasteiger partial charge on any atom is 0.237 e. The molecule has 0 aliphatic rings. The highest BCUT2D eigenvalue weighted by molar-refractivity contribution is 5.81. The van der Waals surface area contributed by atoms with Gasteiger partial charge in [0.15, 0.2) is 0 Å². The molecule has 20 heavy (non-hydrogen) atoms. The summed E-state index contributed by atoms with van der Waals surface area (Å²) >= 11 is 0. The summed E-state index contributed by atoms with van der Waals surface area (Å²) in [5.41, 5.74) is 6.76. The van der Waals surface area contributed by atoms with Crippen molar-refractivity contribution in [2.24, 2.45) is 11.7 Å². The lowest BCUT2D eigenvalue weighted by atomic mass is 10.1. The first kappa shape index (κ1) is 16.5. The van der Waals surface area contributed by atoms with Crippen LogP contribution >= 0.6 is 0 Å². The number of nitrogens with two attached hydrogens (primary N) is 1. The van der Waals surface area contributed by atoms with E-state index in [4.69, 9.17) is 10.5 Å². The van der Waals surface area contributed by atoms with Crippen molar-refractivity contribution in [2.75, 3.05) is 6.61 Å². The van der Waals surface area contributed by atoms with Crippen molar-refractivity contribution < 1.29 is 9.53 Å². The molecule has 1 rings (SSSR count). The van der Waals surface area contributed by atoms with E-state index in [0.717, 1.165) is 17.7 Å². The largest absolute Gasteiger partial charge is 0.493 e. The number of hydrogen-bond donors (Lipinski definition) is 2. The summed E-state index contributed by atoms with van der Waals surface area (Å²) in [6, 6.07) is 7.33. The third-order valence-electron chi connectivity index (χ3n) is 2.93. The normalized spacial score (nSPS) is 12.2. The van der Waals surface area contributed by atoms with Crippen LogP contribution < -0.4 is 15.8 Å². The summed E-state index contributed by atoms with van der Waals surface area (Å²) in [5, 5.41) is 2.87. The van der Waals surface area contributed by atoms with Crippen LogP contribution in [0, 0.1) is 5.92 Å². The van der Waals surface area contributed by atoms with E-state index in [0.29, 0.717) is 25.5 Å². The Morgan fingerprint density at radius 3 is 2.70 bits per heavy atom. The van der Waals surface area contributed by atoms with Crippen LogP contribution in [0.1, 0.15) is 39.2 Å². The van der Waals surface area contributed by atoms with E-state index in [1.54, 1.807) is 0 Å². The van der Waals surface area contributed by atoms with Gasteiger partial charge in [0.05, 0.1) is 12.6 Å². The molecule has 1 aromatic carbocycles. The lowest BCUT2D eigenvalue weighted by Gasteiger charge is -2.15. The molecule has 1 unspecified atom stereocenters. The van der Waals surface area contributed by atoms with E-state index in [2.05, 4.69) is 19.2 Å². The topological polar surface area (TPSA) is 64.4 Å². The van der Waals surface area contributed by atoms with Gasteiger partial charge >= 0.3 is 0 Å². The molecule has 0 spiro atoms. The van der Waals surface area contributed by atoms with Crippen molar-refractivity contribution in [3.05, 3.63) is 29.8 Å². The summed E-state index contributed by atoms with van der Waals surface area (Å²) < 4.78 is 5.76. The number of hydrogen-bond acceptors (Lipinski definition) is 3. The molecule has 0 aromatic heterocycles. The summed E-state index contributed by atoms with van der Waals surface area (Å²) in [6.07, 6.45) is 1.61. The predicted octanol–water partition coefficient (Wildman–Crippen LogP) is 2.46. The molecule has 0 radical (unpaired) electrons. The van der Waals surface area contributed by atoms with Crippen molar-refractivity contribution in [3.63, 3.8) is 0 Å². The maximum atomic E-state index is 11.8. The number of carbonyl (C=O) groups excluding carboxylic acids is 1. The minimum Gasteiger partial charge on any atom is -0.493 e. The van der Waals surface area contributed by atoms with Gasteiger partial charge in [0.25, 0.3) is 0 Å². The van der Waals surface area contributed by atoms with Crippen LogP contribution in [0.2, 0.25) is 0 Å². The van der Waals surface area contributed by atoms with E-state index >= 15 is 0 Å². The van der Waals surface area contributed by atoms with Gasteiger partial charge in [0.2, 0.25) is 5.91 Å². The van der Waals surface area contributed by atoms with Gasteiger partial charge in [-0.15, -0.1) is 0 Å². The van der Waals surface area contributed by atoms with Gasteiger partial charge < -0.3 is 15.8 Å². The first-order chi connectivity index (χ1) is 9.54. The Balaban J connectivity index is 2.56. The number of ether oxygens (including phenoxy) is 1. The Labute approximate surface area is 121 Å². The second-order valence-electron chi connectivity index (χ2n) is 5.43. The fraction of sp³-hybridized carbons (Fsp3) is 0.562. The highest BCUT2D eigenvalue weighted by Crippen LogP contribution is 2.18. The van der Waals surface area contributed by atoms with Crippen LogP contribution in [0.15, 0.2) is 24.3 Å². The summed E-state index contributed by atoms with van der Waals surface area (Å²) in [4.78, 5) is 11.8. The van der Waals surface area contributed by atoms with E-state index in [1.807, 2.05) is 31.2 Å². The van der Waals surface area contributed by atoms with E-state index < -0.39 is 6.04 Å². The minimum absolute atomic E-state index is 0.106. The zero-order valence-electron chi connectivity index (χ0n) is 12.7. The number of amides is 1. The van der Waals surface area contributed by atoms with Gasteiger partial charge in [0, 0.05) is 12.1 Å². The van der Waals surface area contributed by atoms with Gasteiger partial charge in [-0.3, -0.25) is 4.79 Å². The Morgan fingerprint density at radius 2 is 2.05 bits per heavy atom. The van der Waals surface area contributed by atoms with Crippen LogP contribution in [-0.4, -0.2) is 18.6 Å².